The van der Waals surface area contributed by atoms with Gasteiger partial charge >= 0.3 is 6.18 Å². The van der Waals surface area contributed by atoms with Gasteiger partial charge in [0.15, 0.2) is 0 Å². The lowest BCUT2D eigenvalue weighted by atomic mass is 10.0. The lowest BCUT2D eigenvalue weighted by Gasteiger charge is -2.10. The van der Waals surface area contributed by atoms with E-state index in [0.717, 1.165) is 40.8 Å². The largest absolute Gasteiger partial charge is 0.490 e. The fraction of sp³-hybridized carbons (Fsp3) is 0.200. The Balaban J connectivity index is 1.29. The Morgan fingerprint density at radius 2 is 1.32 bits per heavy atom. The number of benzene rings is 3. The minimum absolute atomic E-state index is 0.378. The van der Waals surface area contributed by atoms with Crippen molar-refractivity contribution in [3.63, 3.8) is 0 Å². The number of halogens is 3. The van der Waals surface area contributed by atoms with E-state index in [2.05, 4.69) is 18.0 Å². The molecule has 3 aromatic carbocycles. The van der Waals surface area contributed by atoms with Crippen LogP contribution in [0.5, 0.6) is 11.5 Å². The topological polar surface area (TPSA) is 34.2 Å². The van der Waals surface area contributed by atoms with Gasteiger partial charge in [0.25, 0.3) is 0 Å². The maximum atomic E-state index is 12.7. The van der Waals surface area contributed by atoms with Crippen molar-refractivity contribution >= 4 is 10.9 Å². The number of ether oxygens (including phenoxy) is 2. The number of aromatic amines is 1. The highest BCUT2D eigenvalue weighted by Gasteiger charge is 2.29. The summed E-state index contributed by atoms with van der Waals surface area (Å²) >= 11 is 0. The summed E-state index contributed by atoms with van der Waals surface area (Å²) in [7, 11) is 0. The third-order valence-corrected chi connectivity index (χ3v) is 5.05. The van der Waals surface area contributed by atoms with Crippen LogP contribution < -0.4 is 9.47 Å². The second kappa shape index (κ2) is 8.76. The van der Waals surface area contributed by atoms with Crippen molar-refractivity contribution in [1.82, 2.24) is 4.98 Å². The zero-order chi connectivity index (χ0) is 21.8. The van der Waals surface area contributed by atoms with Crippen LogP contribution in [0.3, 0.4) is 0 Å². The van der Waals surface area contributed by atoms with Crippen LogP contribution in [0, 0.1) is 0 Å². The summed E-state index contributed by atoms with van der Waals surface area (Å²) in [5.41, 5.74) is 3.12. The first-order valence-electron chi connectivity index (χ1n) is 10.1. The molecule has 0 fully saturated rings. The molecule has 1 N–H and O–H groups in total. The van der Waals surface area contributed by atoms with E-state index in [-0.39, 0.29) is 0 Å². The molecule has 6 heteroatoms. The summed E-state index contributed by atoms with van der Waals surface area (Å²) in [5.74, 6) is 1.45. The van der Waals surface area contributed by atoms with E-state index >= 15 is 0 Å². The van der Waals surface area contributed by atoms with Crippen LogP contribution in [0.1, 0.15) is 18.2 Å². The molecule has 0 aliphatic rings. The summed E-state index contributed by atoms with van der Waals surface area (Å²) in [4.78, 5) is 3.36. The molecular weight excluding hydrogens is 403 g/mol. The quantitative estimate of drug-likeness (QED) is 0.328. The smallest absolute Gasteiger partial charge is 0.416 e. The van der Waals surface area contributed by atoms with Gasteiger partial charge in [0, 0.05) is 17.3 Å². The number of hydrogen-bond acceptors (Lipinski definition) is 2. The van der Waals surface area contributed by atoms with E-state index in [1.807, 2.05) is 30.3 Å². The first-order chi connectivity index (χ1) is 14.9. The molecule has 0 radical (unpaired) electrons. The fourth-order valence-electron chi connectivity index (χ4n) is 3.36. The summed E-state index contributed by atoms with van der Waals surface area (Å²) < 4.78 is 49.5. The number of aromatic nitrogens is 1. The molecule has 4 aromatic rings. The number of hydrogen-bond donors (Lipinski definition) is 1. The summed E-state index contributed by atoms with van der Waals surface area (Å²) in [6.45, 7) is 2.88. The van der Waals surface area contributed by atoms with Crippen molar-refractivity contribution < 1.29 is 22.6 Å². The van der Waals surface area contributed by atoms with Gasteiger partial charge < -0.3 is 14.5 Å². The standard InChI is InChI=1S/C25H22F3NO2/c1-2-21-15-19-7-12-23(16-24(19)29-21)31-14-13-30-22-10-5-18(6-11-22)17-3-8-20(9-4-17)25(26,27)28/h3-12,15-16,29H,2,13-14H2,1H3. The number of alkyl halides is 3. The van der Waals surface area contributed by atoms with Crippen LogP contribution in [0.15, 0.2) is 72.8 Å². The van der Waals surface area contributed by atoms with Gasteiger partial charge in [-0.2, -0.15) is 13.2 Å². The van der Waals surface area contributed by atoms with E-state index in [9.17, 15) is 13.2 Å². The molecule has 0 aliphatic heterocycles. The van der Waals surface area contributed by atoms with E-state index < -0.39 is 11.7 Å². The predicted molar refractivity (Wildman–Crippen MR) is 116 cm³/mol. The first-order valence-corrected chi connectivity index (χ1v) is 10.1. The minimum Gasteiger partial charge on any atom is -0.490 e. The highest BCUT2D eigenvalue weighted by Crippen LogP contribution is 2.31. The number of nitrogens with one attached hydrogen (secondary N) is 1. The molecule has 3 nitrogen and oxygen atoms in total. The molecule has 31 heavy (non-hydrogen) atoms. The van der Waals surface area contributed by atoms with Crippen molar-refractivity contribution in [2.24, 2.45) is 0 Å². The molecule has 0 spiro atoms. The van der Waals surface area contributed by atoms with Gasteiger partial charge in [0.2, 0.25) is 0 Å². The third-order valence-electron chi connectivity index (χ3n) is 5.05. The molecule has 160 valence electrons. The first kappa shape index (κ1) is 20.8. The van der Waals surface area contributed by atoms with Crippen LogP contribution >= 0.6 is 0 Å². The third kappa shape index (κ3) is 5.02. The van der Waals surface area contributed by atoms with Crippen molar-refractivity contribution in [3.8, 4) is 22.6 Å². The Bertz CT molecular complexity index is 1150. The fourth-order valence-corrected chi connectivity index (χ4v) is 3.36. The van der Waals surface area contributed by atoms with Crippen LogP contribution in [-0.4, -0.2) is 18.2 Å². The minimum atomic E-state index is -4.33. The van der Waals surface area contributed by atoms with Crippen LogP contribution in [0.25, 0.3) is 22.0 Å². The Hall–Kier alpha value is -3.41. The SMILES string of the molecule is CCc1cc2ccc(OCCOc3ccc(-c4ccc(C(F)(F)F)cc4)cc3)cc2[nH]1. The Kier molecular flexibility index (Phi) is 5.89. The zero-order valence-corrected chi connectivity index (χ0v) is 17.0. The summed E-state index contributed by atoms with van der Waals surface area (Å²) in [6, 6.07) is 20.4. The molecule has 0 atom stereocenters. The maximum Gasteiger partial charge on any atom is 0.416 e. The van der Waals surface area contributed by atoms with E-state index in [4.69, 9.17) is 9.47 Å². The van der Waals surface area contributed by atoms with Crippen molar-refractivity contribution in [2.45, 2.75) is 19.5 Å². The predicted octanol–water partition coefficient (Wildman–Crippen LogP) is 6.87. The van der Waals surface area contributed by atoms with Crippen LogP contribution in [-0.2, 0) is 12.6 Å². The monoisotopic (exact) mass is 425 g/mol. The maximum absolute atomic E-state index is 12.7. The average Bonchev–Trinajstić information content (AvgIpc) is 3.19. The van der Waals surface area contributed by atoms with Gasteiger partial charge in [0.1, 0.15) is 24.7 Å². The van der Waals surface area contributed by atoms with Crippen molar-refractivity contribution in [3.05, 3.63) is 84.1 Å². The molecule has 1 aromatic heterocycles. The molecule has 0 unspecified atom stereocenters. The van der Waals surface area contributed by atoms with E-state index in [1.165, 1.54) is 17.8 Å². The van der Waals surface area contributed by atoms with E-state index in [1.54, 1.807) is 12.1 Å². The van der Waals surface area contributed by atoms with Gasteiger partial charge in [-0.3, -0.25) is 0 Å². The Morgan fingerprint density at radius 3 is 1.94 bits per heavy atom. The van der Waals surface area contributed by atoms with Crippen LogP contribution in [0.2, 0.25) is 0 Å². The molecule has 1 heterocycles. The van der Waals surface area contributed by atoms with Gasteiger partial charge in [-0.1, -0.05) is 31.2 Å². The highest BCUT2D eigenvalue weighted by atomic mass is 19.4. The van der Waals surface area contributed by atoms with Crippen molar-refractivity contribution in [1.29, 1.82) is 0 Å². The second-order valence-corrected chi connectivity index (χ2v) is 7.19. The number of H-pyrrole nitrogens is 1. The summed E-state index contributed by atoms with van der Waals surface area (Å²) in [5, 5.41) is 1.16. The normalized spacial score (nSPS) is 11.6. The zero-order valence-electron chi connectivity index (χ0n) is 17.0. The molecule has 0 aliphatic carbocycles. The van der Waals surface area contributed by atoms with E-state index in [0.29, 0.717) is 24.5 Å². The lowest BCUT2D eigenvalue weighted by molar-refractivity contribution is -0.137. The van der Waals surface area contributed by atoms with Gasteiger partial charge in [-0.15, -0.1) is 0 Å². The Morgan fingerprint density at radius 1 is 0.742 bits per heavy atom. The highest BCUT2D eigenvalue weighted by molar-refractivity contribution is 5.81. The van der Waals surface area contributed by atoms with Gasteiger partial charge in [-0.05, 0) is 65.4 Å². The van der Waals surface area contributed by atoms with Gasteiger partial charge in [0.05, 0.1) is 5.56 Å². The molecule has 0 amide bonds. The average molecular weight is 425 g/mol. The number of aryl methyl sites for hydroxylation is 1. The molecular formula is C25H22F3NO2. The number of rotatable bonds is 7. The van der Waals surface area contributed by atoms with Crippen LogP contribution in [0.4, 0.5) is 13.2 Å². The second-order valence-electron chi connectivity index (χ2n) is 7.19. The lowest BCUT2D eigenvalue weighted by Crippen LogP contribution is -2.08. The Labute approximate surface area is 178 Å². The summed E-state index contributed by atoms with van der Waals surface area (Å²) in [6.07, 6.45) is -3.37. The molecule has 0 bridgehead atoms. The molecule has 4 rings (SSSR count). The van der Waals surface area contributed by atoms with Gasteiger partial charge in [-0.25, -0.2) is 0 Å². The molecule has 0 saturated carbocycles. The molecule has 0 saturated heterocycles. The van der Waals surface area contributed by atoms with Crippen molar-refractivity contribution in [2.75, 3.05) is 13.2 Å². The number of fused-ring (bicyclic) bond motifs is 1.